The van der Waals surface area contributed by atoms with Crippen LogP contribution in [0.2, 0.25) is 0 Å². The van der Waals surface area contributed by atoms with Crippen LogP contribution in [0.5, 0.6) is 0 Å². The lowest BCUT2D eigenvalue weighted by Crippen LogP contribution is -2.18. The third-order valence-corrected chi connectivity index (χ3v) is 6.64. The van der Waals surface area contributed by atoms with E-state index in [1.807, 2.05) is 78.4 Å². The first-order chi connectivity index (χ1) is 17.4. The Hall–Kier alpha value is -3.69. The van der Waals surface area contributed by atoms with Crippen molar-refractivity contribution in [3.63, 3.8) is 0 Å². The van der Waals surface area contributed by atoms with Crippen LogP contribution in [0, 0.1) is 6.92 Å². The molecule has 0 saturated carbocycles. The van der Waals surface area contributed by atoms with Crippen LogP contribution >= 0.6 is 31.9 Å². The smallest absolute Gasteiger partial charge is 0.307 e. The van der Waals surface area contributed by atoms with Gasteiger partial charge >= 0.3 is 5.91 Å². The largest absolute Gasteiger partial charge is 0.450 e. The first-order valence-corrected chi connectivity index (χ1v) is 12.6. The van der Waals surface area contributed by atoms with Crippen LogP contribution in [-0.4, -0.2) is 22.6 Å². The van der Waals surface area contributed by atoms with Gasteiger partial charge in [0.05, 0.1) is 10.7 Å². The van der Waals surface area contributed by atoms with Crippen LogP contribution in [0.1, 0.15) is 21.7 Å². The van der Waals surface area contributed by atoms with Crippen molar-refractivity contribution in [2.45, 2.75) is 13.5 Å². The number of hydrogen-bond donors (Lipinski definition) is 2. The maximum absolute atomic E-state index is 12.7. The molecule has 0 fully saturated rings. The Bertz CT molecular complexity index is 1630. The number of rotatable bonds is 6. The number of nitrogens with one attached hydrogen (secondary N) is 2. The number of halogens is 2. The number of carbonyl (C=O) groups excluding carboxylic acids is 2. The standard InChI is InChI=1S/C27H20Br2N4O3/c1-16-6-8-20(9-7-16)31-25(34)15-33-14-18(21-4-2-3-5-23(21)33)13-30-32-27(35)24-11-17-10-19(28)12-22(29)26(17)36-24/h2-14H,15H2,1H3,(H,31,34)(H,32,35)/b30-13-. The van der Waals surface area contributed by atoms with Gasteiger partial charge in [0, 0.05) is 38.2 Å². The van der Waals surface area contributed by atoms with E-state index in [0.29, 0.717) is 5.58 Å². The van der Waals surface area contributed by atoms with E-state index in [9.17, 15) is 9.59 Å². The van der Waals surface area contributed by atoms with Crippen molar-refractivity contribution in [3.8, 4) is 0 Å². The molecule has 7 nitrogen and oxygen atoms in total. The molecule has 0 atom stereocenters. The quantitative estimate of drug-likeness (QED) is 0.168. The summed E-state index contributed by atoms with van der Waals surface area (Å²) < 4.78 is 9.16. The van der Waals surface area contributed by atoms with Gasteiger partial charge in [0.2, 0.25) is 5.91 Å². The van der Waals surface area contributed by atoms with Gasteiger partial charge < -0.3 is 14.3 Å². The third-order valence-electron chi connectivity index (χ3n) is 5.60. The molecule has 3 aromatic carbocycles. The summed E-state index contributed by atoms with van der Waals surface area (Å²) in [7, 11) is 0. The number of hydrogen-bond acceptors (Lipinski definition) is 4. The number of hydrazone groups is 1. The van der Waals surface area contributed by atoms with E-state index in [0.717, 1.165) is 42.0 Å². The summed E-state index contributed by atoms with van der Waals surface area (Å²) >= 11 is 6.87. The van der Waals surface area contributed by atoms with E-state index in [-0.39, 0.29) is 18.2 Å². The Balaban J connectivity index is 1.32. The monoisotopic (exact) mass is 606 g/mol. The summed E-state index contributed by atoms with van der Waals surface area (Å²) in [5, 5.41) is 8.75. The molecule has 0 aliphatic carbocycles. The second-order valence-corrected chi connectivity index (χ2v) is 10.0. The summed E-state index contributed by atoms with van der Waals surface area (Å²) in [4.78, 5) is 25.3. The van der Waals surface area contributed by atoms with Gasteiger partial charge in [-0.2, -0.15) is 5.10 Å². The van der Waals surface area contributed by atoms with E-state index in [4.69, 9.17) is 4.42 Å². The molecule has 0 radical (unpaired) electrons. The zero-order chi connectivity index (χ0) is 25.2. The first kappa shape index (κ1) is 24.0. The van der Waals surface area contributed by atoms with Crippen LogP contribution in [0.4, 0.5) is 5.69 Å². The fourth-order valence-electron chi connectivity index (χ4n) is 3.90. The minimum Gasteiger partial charge on any atom is -0.450 e. The van der Waals surface area contributed by atoms with Crippen LogP contribution < -0.4 is 10.7 Å². The minimum atomic E-state index is -0.466. The summed E-state index contributed by atoms with van der Waals surface area (Å²) in [5.41, 5.74) is 6.63. The van der Waals surface area contributed by atoms with Crippen molar-refractivity contribution in [1.82, 2.24) is 9.99 Å². The van der Waals surface area contributed by atoms with Gasteiger partial charge in [-0.05, 0) is 59.3 Å². The maximum Gasteiger partial charge on any atom is 0.307 e. The Kier molecular flexibility index (Phi) is 6.75. The highest BCUT2D eigenvalue weighted by molar-refractivity contribution is 9.11. The van der Waals surface area contributed by atoms with Gasteiger partial charge in [-0.25, -0.2) is 5.43 Å². The number of carbonyl (C=O) groups is 2. The van der Waals surface area contributed by atoms with E-state index in [1.165, 1.54) is 0 Å². The normalized spacial score (nSPS) is 11.4. The zero-order valence-corrected chi connectivity index (χ0v) is 22.3. The fraction of sp³-hybridized carbons (Fsp3) is 0.0741. The van der Waals surface area contributed by atoms with Gasteiger partial charge in [-0.3, -0.25) is 9.59 Å². The molecule has 0 spiro atoms. The van der Waals surface area contributed by atoms with Crippen LogP contribution in [0.15, 0.2) is 91.4 Å². The van der Waals surface area contributed by atoms with Crippen molar-refractivity contribution in [2.75, 3.05) is 5.32 Å². The average Bonchev–Trinajstić information content (AvgIpc) is 3.43. The van der Waals surface area contributed by atoms with Crippen molar-refractivity contribution >= 4 is 77.4 Å². The van der Waals surface area contributed by atoms with Crippen LogP contribution in [0.25, 0.3) is 21.9 Å². The molecule has 2 heterocycles. The number of benzene rings is 3. The summed E-state index contributed by atoms with van der Waals surface area (Å²) in [6, 6.07) is 20.7. The molecule has 5 rings (SSSR count). The topological polar surface area (TPSA) is 88.6 Å². The molecule has 0 unspecified atom stereocenters. The average molecular weight is 608 g/mol. The zero-order valence-electron chi connectivity index (χ0n) is 19.1. The SMILES string of the molecule is Cc1ccc(NC(=O)Cn2cc(/C=N\NC(=O)c3cc4cc(Br)cc(Br)c4o3)c3ccccc32)cc1. The lowest BCUT2D eigenvalue weighted by atomic mass is 10.2. The van der Waals surface area contributed by atoms with E-state index >= 15 is 0 Å². The molecule has 2 aromatic heterocycles. The van der Waals surface area contributed by atoms with Crippen molar-refractivity contribution in [3.05, 3.63) is 98.8 Å². The van der Waals surface area contributed by atoms with E-state index in [2.05, 4.69) is 47.7 Å². The Labute approximate surface area is 223 Å². The second kappa shape index (κ2) is 10.1. The van der Waals surface area contributed by atoms with Crippen molar-refractivity contribution in [2.24, 2.45) is 5.10 Å². The highest BCUT2D eigenvalue weighted by Gasteiger charge is 2.15. The first-order valence-electron chi connectivity index (χ1n) is 11.0. The predicted octanol–water partition coefficient (Wildman–Crippen LogP) is 6.62. The third kappa shape index (κ3) is 5.12. The number of aryl methyl sites for hydroxylation is 1. The Morgan fingerprint density at radius 3 is 2.64 bits per heavy atom. The van der Waals surface area contributed by atoms with Crippen molar-refractivity contribution < 1.29 is 14.0 Å². The number of anilines is 1. The lowest BCUT2D eigenvalue weighted by molar-refractivity contribution is -0.116. The molecule has 0 saturated heterocycles. The van der Waals surface area contributed by atoms with Gasteiger partial charge in [0.15, 0.2) is 5.76 Å². The molecule has 0 aliphatic heterocycles. The summed E-state index contributed by atoms with van der Waals surface area (Å²) in [5.74, 6) is -0.457. The highest BCUT2D eigenvalue weighted by atomic mass is 79.9. The van der Waals surface area contributed by atoms with E-state index in [1.54, 1.807) is 12.3 Å². The minimum absolute atomic E-state index is 0.137. The molecule has 180 valence electrons. The molecular formula is C27H20Br2N4O3. The van der Waals surface area contributed by atoms with Gasteiger partial charge in [-0.1, -0.05) is 51.8 Å². The van der Waals surface area contributed by atoms with Gasteiger partial charge in [-0.15, -0.1) is 0 Å². The summed E-state index contributed by atoms with van der Waals surface area (Å²) in [6.45, 7) is 2.13. The summed E-state index contributed by atoms with van der Waals surface area (Å²) in [6.07, 6.45) is 3.40. The number of para-hydroxylation sites is 1. The van der Waals surface area contributed by atoms with Gasteiger partial charge in [0.1, 0.15) is 12.1 Å². The molecule has 2 N–H and O–H groups in total. The highest BCUT2D eigenvalue weighted by Crippen LogP contribution is 2.31. The Morgan fingerprint density at radius 1 is 1.06 bits per heavy atom. The molecule has 0 bridgehead atoms. The molecule has 5 aromatic rings. The number of fused-ring (bicyclic) bond motifs is 2. The fourth-order valence-corrected chi connectivity index (χ4v) is 5.24. The second-order valence-electron chi connectivity index (χ2n) is 8.26. The molecule has 9 heteroatoms. The molecule has 2 amide bonds. The molecule has 0 aliphatic rings. The van der Waals surface area contributed by atoms with Crippen LogP contribution in [-0.2, 0) is 11.3 Å². The number of aromatic nitrogens is 1. The number of amides is 2. The number of furan rings is 1. The Morgan fingerprint density at radius 2 is 1.83 bits per heavy atom. The number of nitrogens with zero attached hydrogens (tertiary/aromatic N) is 2. The van der Waals surface area contributed by atoms with Gasteiger partial charge in [0.25, 0.3) is 0 Å². The molecular weight excluding hydrogens is 588 g/mol. The molecule has 36 heavy (non-hydrogen) atoms. The van der Waals surface area contributed by atoms with Crippen molar-refractivity contribution in [1.29, 1.82) is 0 Å². The van der Waals surface area contributed by atoms with E-state index < -0.39 is 5.91 Å². The lowest BCUT2D eigenvalue weighted by Gasteiger charge is -2.07. The van der Waals surface area contributed by atoms with Crippen LogP contribution in [0.3, 0.4) is 0 Å². The predicted molar refractivity (Wildman–Crippen MR) is 148 cm³/mol. The maximum atomic E-state index is 12.7.